The Balaban J connectivity index is 2.01. The van der Waals surface area contributed by atoms with Gasteiger partial charge in [-0.1, -0.05) is 15.9 Å². The highest BCUT2D eigenvalue weighted by atomic mass is 79.9. The van der Waals surface area contributed by atoms with E-state index in [1.807, 2.05) is 55.5 Å². The molecular formula is C19H19BrN2O3. The maximum atomic E-state index is 12.5. The van der Waals surface area contributed by atoms with Crippen LogP contribution in [-0.2, 0) is 9.53 Å². The minimum atomic E-state index is -0.891. The first-order valence-electron chi connectivity index (χ1n) is 7.84. The molecule has 0 saturated heterocycles. The van der Waals surface area contributed by atoms with E-state index in [1.165, 1.54) is 7.11 Å². The Hall–Kier alpha value is -2.34. The monoisotopic (exact) mass is 402 g/mol. The average molecular weight is 403 g/mol. The van der Waals surface area contributed by atoms with Crippen LogP contribution in [0.25, 0.3) is 0 Å². The number of hydrazone groups is 1. The predicted molar refractivity (Wildman–Crippen MR) is 101 cm³/mol. The molecule has 3 rings (SSSR count). The number of ether oxygens (including phenoxy) is 2. The summed E-state index contributed by atoms with van der Waals surface area (Å²) in [4.78, 5) is 12.5. The number of nitrogens with zero attached hydrogens (tertiary/aromatic N) is 2. The van der Waals surface area contributed by atoms with Crippen LogP contribution in [0.5, 0.6) is 5.75 Å². The van der Waals surface area contributed by atoms with Gasteiger partial charge >= 0.3 is 5.97 Å². The van der Waals surface area contributed by atoms with Crippen molar-refractivity contribution >= 4 is 33.3 Å². The highest BCUT2D eigenvalue weighted by Gasteiger charge is 2.47. The molecule has 1 unspecified atom stereocenters. The first-order chi connectivity index (χ1) is 12.0. The van der Waals surface area contributed by atoms with Gasteiger partial charge in [0.1, 0.15) is 5.75 Å². The fourth-order valence-corrected chi connectivity index (χ4v) is 3.18. The van der Waals surface area contributed by atoms with Gasteiger partial charge in [0, 0.05) is 10.9 Å². The molecule has 2 aromatic carbocycles. The van der Waals surface area contributed by atoms with Crippen LogP contribution in [0.1, 0.15) is 18.9 Å². The van der Waals surface area contributed by atoms with E-state index in [2.05, 4.69) is 15.9 Å². The van der Waals surface area contributed by atoms with Crippen LogP contribution >= 0.6 is 15.9 Å². The van der Waals surface area contributed by atoms with E-state index in [4.69, 9.17) is 14.6 Å². The van der Waals surface area contributed by atoms with Crippen molar-refractivity contribution in [3.05, 3.63) is 58.6 Å². The molecule has 0 aromatic heterocycles. The van der Waals surface area contributed by atoms with Crippen molar-refractivity contribution in [2.24, 2.45) is 5.10 Å². The third-order valence-electron chi connectivity index (χ3n) is 4.32. The van der Waals surface area contributed by atoms with Crippen molar-refractivity contribution in [3.63, 3.8) is 0 Å². The van der Waals surface area contributed by atoms with Crippen LogP contribution in [0.3, 0.4) is 0 Å². The van der Waals surface area contributed by atoms with E-state index in [9.17, 15) is 4.79 Å². The van der Waals surface area contributed by atoms with Crippen molar-refractivity contribution in [2.45, 2.75) is 18.9 Å². The van der Waals surface area contributed by atoms with E-state index < -0.39 is 5.54 Å². The number of rotatable bonds is 4. The number of esters is 1. The summed E-state index contributed by atoms with van der Waals surface area (Å²) in [6.45, 7) is 1.85. The van der Waals surface area contributed by atoms with Gasteiger partial charge in [-0.2, -0.15) is 5.10 Å². The lowest BCUT2D eigenvalue weighted by Crippen LogP contribution is -2.48. The molecular weight excluding hydrogens is 384 g/mol. The van der Waals surface area contributed by atoms with Gasteiger partial charge in [-0.15, -0.1) is 0 Å². The highest BCUT2D eigenvalue weighted by molar-refractivity contribution is 9.10. The summed E-state index contributed by atoms with van der Waals surface area (Å²) in [5.74, 6) is 0.463. The zero-order valence-corrected chi connectivity index (χ0v) is 15.9. The molecule has 130 valence electrons. The summed E-state index contributed by atoms with van der Waals surface area (Å²) >= 11 is 3.43. The average Bonchev–Trinajstić information content (AvgIpc) is 3.00. The number of anilines is 1. The molecule has 0 amide bonds. The van der Waals surface area contributed by atoms with Gasteiger partial charge < -0.3 is 9.47 Å². The summed E-state index contributed by atoms with van der Waals surface area (Å²) in [5, 5.41) is 6.47. The summed E-state index contributed by atoms with van der Waals surface area (Å²) < 4.78 is 11.2. The van der Waals surface area contributed by atoms with Crippen molar-refractivity contribution in [1.29, 1.82) is 0 Å². The third kappa shape index (κ3) is 3.26. The van der Waals surface area contributed by atoms with Crippen molar-refractivity contribution < 1.29 is 14.3 Å². The zero-order valence-electron chi connectivity index (χ0n) is 14.3. The molecule has 0 spiro atoms. The molecule has 0 fully saturated rings. The van der Waals surface area contributed by atoms with Gasteiger partial charge in [0.05, 0.1) is 25.6 Å². The maximum Gasteiger partial charge on any atom is 0.333 e. The maximum absolute atomic E-state index is 12.5. The molecule has 0 saturated carbocycles. The minimum absolute atomic E-state index is 0.317. The molecule has 1 atom stereocenters. The molecule has 1 heterocycles. The Kier molecular flexibility index (Phi) is 4.81. The predicted octanol–water partition coefficient (Wildman–Crippen LogP) is 4.00. The van der Waals surface area contributed by atoms with Crippen molar-refractivity contribution in [2.75, 3.05) is 19.2 Å². The first-order valence-corrected chi connectivity index (χ1v) is 8.63. The number of hydrogen-bond donors (Lipinski definition) is 0. The second-order valence-electron chi connectivity index (χ2n) is 6.01. The van der Waals surface area contributed by atoms with E-state index in [-0.39, 0.29) is 5.97 Å². The van der Waals surface area contributed by atoms with Crippen LogP contribution in [0.15, 0.2) is 58.1 Å². The van der Waals surface area contributed by atoms with Gasteiger partial charge in [0.2, 0.25) is 0 Å². The molecule has 5 nitrogen and oxygen atoms in total. The van der Waals surface area contributed by atoms with Crippen molar-refractivity contribution in [3.8, 4) is 5.75 Å². The number of carbonyl (C=O) groups is 1. The number of methoxy groups -OCH3 is 2. The van der Waals surface area contributed by atoms with Gasteiger partial charge in [-0.25, -0.2) is 9.80 Å². The Morgan fingerprint density at radius 1 is 1.12 bits per heavy atom. The summed E-state index contributed by atoms with van der Waals surface area (Å²) in [5.41, 5.74) is 1.73. The zero-order chi connectivity index (χ0) is 18.0. The van der Waals surface area contributed by atoms with Gasteiger partial charge in [0.15, 0.2) is 5.54 Å². The lowest BCUT2D eigenvalue weighted by atomic mass is 9.92. The highest BCUT2D eigenvalue weighted by Crippen LogP contribution is 2.36. The molecule has 0 aliphatic carbocycles. The fourth-order valence-electron chi connectivity index (χ4n) is 2.91. The van der Waals surface area contributed by atoms with E-state index >= 15 is 0 Å². The molecule has 0 radical (unpaired) electrons. The molecule has 1 aliphatic rings. The minimum Gasteiger partial charge on any atom is -0.497 e. The fraction of sp³-hybridized carbons (Fsp3) is 0.263. The van der Waals surface area contributed by atoms with E-state index in [1.54, 1.807) is 12.1 Å². The third-order valence-corrected chi connectivity index (χ3v) is 4.85. The second-order valence-corrected chi connectivity index (χ2v) is 6.92. The van der Waals surface area contributed by atoms with Gasteiger partial charge in [0.25, 0.3) is 0 Å². The first kappa shape index (κ1) is 17.5. The van der Waals surface area contributed by atoms with Crippen molar-refractivity contribution in [1.82, 2.24) is 0 Å². The van der Waals surface area contributed by atoms with Gasteiger partial charge in [-0.3, -0.25) is 0 Å². The Morgan fingerprint density at radius 3 is 2.32 bits per heavy atom. The lowest BCUT2D eigenvalue weighted by Gasteiger charge is -2.31. The van der Waals surface area contributed by atoms with Gasteiger partial charge in [-0.05, 0) is 61.0 Å². The Labute approximate surface area is 155 Å². The van der Waals surface area contributed by atoms with Crippen LogP contribution < -0.4 is 9.75 Å². The molecule has 6 heteroatoms. The SMILES string of the molecule is COC(=O)C1(C)CC(c2ccc(OC)cc2)=NN1c1ccc(Br)cc1. The standard InChI is InChI=1S/C19H19BrN2O3/c1-19(18(23)25-3)12-17(13-4-10-16(24-2)11-5-13)21-22(19)15-8-6-14(20)7-9-15/h4-11H,12H2,1-3H3. The topological polar surface area (TPSA) is 51.1 Å². The largest absolute Gasteiger partial charge is 0.497 e. The number of benzene rings is 2. The van der Waals surface area contributed by atoms with Crippen LogP contribution in [-0.4, -0.2) is 31.4 Å². The van der Waals surface area contributed by atoms with Crippen LogP contribution in [0.4, 0.5) is 5.69 Å². The van der Waals surface area contributed by atoms with Crippen LogP contribution in [0.2, 0.25) is 0 Å². The number of carbonyl (C=O) groups excluding carboxylic acids is 1. The lowest BCUT2D eigenvalue weighted by molar-refractivity contribution is -0.146. The second kappa shape index (κ2) is 6.88. The summed E-state index contributed by atoms with van der Waals surface area (Å²) in [6.07, 6.45) is 0.460. The smallest absolute Gasteiger partial charge is 0.333 e. The molecule has 1 aliphatic heterocycles. The van der Waals surface area contributed by atoms with E-state index in [0.717, 1.165) is 27.2 Å². The molecule has 0 bridgehead atoms. The van der Waals surface area contributed by atoms with Crippen LogP contribution in [0, 0.1) is 0 Å². The Bertz CT molecular complexity index is 802. The quantitative estimate of drug-likeness (QED) is 0.725. The Morgan fingerprint density at radius 2 is 1.76 bits per heavy atom. The molecule has 2 aromatic rings. The number of halogens is 1. The summed E-state index contributed by atoms with van der Waals surface area (Å²) in [7, 11) is 3.03. The normalized spacial score (nSPS) is 19.5. The van der Waals surface area contributed by atoms with E-state index in [0.29, 0.717) is 6.42 Å². The molecule has 0 N–H and O–H groups in total. The number of hydrogen-bond acceptors (Lipinski definition) is 5. The molecule has 25 heavy (non-hydrogen) atoms. The summed E-state index contributed by atoms with van der Waals surface area (Å²) in [6, 6.07) is 15.4.